The Labute approximate surface area is 139 Å². The van der Waals surface area contributed by atoms with E-state index in [1.54, 1.807) is 0 Å². The molecule has 2 aromatic rings. The molecule has 0 saturated carbocycles. The number of hydrogen-bond acceptors (Lipinski definition) is 3. The topological polar surface area (TPSA) is 41.5 Å². The van der Waals surface area contributed by atoms with E-state index in [2.05, 4.69) is 55.6 Å². The average Bonchev–Trinajstić information content (AvgIpc) is 2.60. The molecule has 0 aliphatic heterocycles. The lowest BCUT2D eigenvalue weighted by atomic mass is 10.0. The van der Waals surface area contributed by atoms with Crippen molar-refractivity contribution in [3.05, 3.63) is 42.0 Å². The molecular formula is C20H29NO2. The lowest BCUT2D eigenvalue weighted by Crippen LogP contribution is -2.31. The lowest BCUT2D eigenvalue weighted by Gasteiger charge is -2.18. The minimum Gasteiger partial charge on any atom is -0.493 e. The quantitative estimate of drug-likeness (QED) is 0.643. The van der Waals surface area contributed by atoms with Crippen LogP contribution < -0.4 is 10.1 Å². The number of ether oxygens (including phenoxy) is 1. The summed E-state index contributed by atoms with van der Waals surface area (Å²) in [5.74, 6) is 0.958. The molecule has 1 unspecified atom stereocenters. The van der Waals surface area contributed by atoms with Gasteiger partial charge in [0.1, 0.15) is 5.75 Å². The van der Waals surface area contributed by atoms with Gasteiger partial charge in [-0.15, -0.1) is 0 Å². The Bertz CT molecular complexity index is 593. The maximum absolute atomic E-state index is 9.39. The fraction of sp³-hybridized carbons (Fsp3) is 0.500. The highest BCUT2D eigenvalue weighted by atomic mass is 16.5. The van der Waals surface area contributed by atoms with Crippen molar-refractivity contribution in [2.45, 2.75) is 52.1 Å². The summed E-state index contributed by atoms with van der Waals surface area (Å²) >= 11 is 0. The van der Waals surface area contributed by atoms with Gasteiger partial charge in [0.2, 0.25) is 0 Å². The van der Waals surface area contributed by atoms with E-state index in [1.807, 2.05) is 0 Å². The zero-order valence-corrected chi connectivity index (χ0v) is 14.3. The number of aliphatic hydroxyl groups excluding tert-OH is 1. The van der Waals surface area contributed by atoms with Crippen molar-refractivity contribution in [2.24, 2.45) is 0 Å². The molecule has 0 amide bonds. The molecule has 2 N–H and O–H groups in total. The molecule has 23 heavy (non-hydrogen) atoms. The van der Waals surface area contributed by atoms with Crippen LogP contribution in [0.2, 0.25) is 0 Å². The first-order valence-corrected chi connectivity index (χ1v) is 8.77. The molecule has 0 heterocycles. The molecule has 0 spiro atoms. The van der Waals surface area contributed by atoms with Gasteiger partial charge < -0.3 is 15.2 Å². The van der Waals surface area contributed by atoms with Crippen LogP contribution >= 0.6 is 0 Å². The van der Waals surface area contributed by atoms with Gasteiger partial charge in [0, 0.05) is 18.2 Å². The number of aliphatic hydroxyl groups is 1. The first kappa shape index (κ1) is 17.8. The zero-order valence-electron chi connectivity index (χ0n) is 14.3. The fourth-order valence-corrected chi connectivity index (χ4v) is 2.75. The van der Waals surface area contributed by atoms with Gasteiger partial charge in [-0.05, 0) is 29.7 Å². The first-order chi connectivity index (χ1) is 11.3. The largest absolute Gasteiger partial charge is 0.493 e. The molecule has 2 aromatic carbocycles. The van der Waals surface area contributed by atoms with Gasteiger partial charge in [0.05, 0.1) is 13.2 Å². The van der Waals surface area contributed by atoms with Crippen LogP contribution in [0.5, 0.6) is 5.75 Å². The summed E-state index contributed by atoms with van der Waals surface area (Å²) in [6.07, 6.45) is 4.39. The number of unbranched alkanes of at least 4 members (excludes halogenated alkanes) is 2. The van der Waals surface area contributed by atoms with E-state index in [0.717, 1.165) is 25.2 Å². The summed E-state index contributed by atoms with van der Waals surface area (Å²) in [7, 11) is 0. The van der Waals surface area contributed by atoms with Crippen LogP contribution in [0.25, 0.3) is 10.8 Å². The fourth-order valence-electron chi connectivity index (χ4n) is 2.75. The van der Waals surface area contributed by atoms with Gasteiger partial charge in [-0.2, -0.15) is 0 Å². The van der Waals surface area contributed by atoms with Gasteiger partial charge in [0.25, 0.3) is 0 Å². The highest BCUT2D eigenvalue weighted by Gasteiger charge is 2.11. The second-order valence-corrected chi connectivity index (χ2v) is 5.99. The second kappa shape index (κ2) is 9.53. The highest BCUT2D eigenvalue weighted by Crippen LogP contribution is 2.28. The third-order valence-electron chi connectivity index (χ3n) is 4.28. The minimum absolute atomic E-state index is 0.127. The van der Waals surface area contributed by atoms with Crippen LogP contribution in [-0.2, 0) is 6.54 Å². The number of fused-ring (bicyclic) bond motifs is 1. The van der Waals surface area contributed by atoms with Crippen LogP contribution in [0.4, 0.5) is 0 Å². The van der Waals surface area contributed by atoms with Crippen LogP contribution in [0.3, 0.4) is 0 Å². The predicted molar refractivity (Wildman–Crippen MR) is 97.0 cm³/mol. The van der Waals surface area contributed by atoms with E-state index in [1.165, 1.54) is 29.2 Å². The zero-order chi connectivity index (χ0) is 16.5. The molecule has 0 bridgehead atoms. The van der Waals surface area contributed by atoms with Crippen LogP contribution in [-0.4, -0.2) is 24.4 Å². The third kappa shape index (κ3) is 4.95. The molecular weight excluding hydrogens is 286 g/mol. The number of benzene rings is 2. The number of rotatable bonds is 10. The van der Waals surface area contributed by atoms with E-state index < -0.39 is 0 Å². The molecule has 126 valence electrons. The maximum atomic E-state index is 9.39. The minimum atomic E-state index is 0.127. The summed E-state index contributed by atoms with van der Waals surface area (Å²) in [5.41, 5.74) is 1.19. The summed E-state index contributed by atoms with van der Waals surface area (Å²) in [6, 6.07) is 12.7. The normalized spacial score (nSPS) is 12.5. The van der Waals surface area contributed by atoms with Crippen molar-refractivity contribution in [2.75, 3.05) is 13.2 Å². The van der Waals surface area contributed by atoms with E-state index in [0.29, 0.717) is 6.54 Å². The summed E-state index contributed by atoms with van der Waals surface area (Å²) in [5, 5.41) is 15.3. The Hall–Kier alpha value is -1.58. The van der Waals surface area contributed by atoms with Crippen LogP contribution in [0.15, 0.2) is 36.4 Å². The van der Waals surface area contributed by atoms with Gasteiger partial charge in [0.15, 0.2) is 0 Å². The Morgan fingerprint density at radius 1 is 1.09 bits per heavy atom. The number of hydrogen-bond donors (Lipinski definition) is 2. The van der Waals surface area contributed by atoms with Crippen LogP contribution in [0, 0.1) is 0 Å². The second-order valence-electron chi connectivity index (χ2n) is 5.99. The van der Waals surface area contributed by atoms with Gasteiger partial charge in [-0.1, -0.05) is 57.0 Å². The molecule has 2 rings (SSSR count). The van der Waals surface area contributed by atoms with Crippen molar-refractivity contribution in [1.29, 1.82) is 0 Å². The molecule has 0 aliphatic rings. The van der Waals surface area contributed by atoms with E-state index in [9.17, 15) is 5.11 Å². The van der Waals surface area contributed by atoms with Crippen molar-refractivity contribution in [3.8, 4) is 5.75 Å². The maximum Gasteiger partial charge on any atom is 0.124 e. The molecule has 0 radical (unpaired) electrons. The SMILES string of the molecule is CCCCCOc1ccc2ccccc2c1CNC(CC)CO. The van der Waals surface area contributed by atoms with E-state index in [4.69, 9.17) is 4.74 Å². The molecule has 0 saturated heterocycles. The Morgan fingerprint density at radius 3 is 2.65 bits per heavy atom. The molecule has 0 fully saturated rings. The van der Waals surface area contributed by atoms with Crippen molar-refractivity contribution < 1.29 is 9.84 Å². The molecule has 0 aromatic heterocycles. The van der Waals surface area contributed by atoms with Crippen molar-refractivity contribution >= 4 is 10.8 Å². The van der Waals surface area contributed by atoms with Gasteiger partial charge in [-0.3, -0.25) is 0 Å². The van der Waals surface area contributed by atoms with E-state index in [-0.39, 0.29) is 12.6 Å². The Kier molecular flexibility index (Phi) is 7.37. The standard InChI is InChI=1S/C20H29NO2/c1-3-5-8-13-23-20-12-11-16-9-6-7-10-18(16)19(20)14-21-17(4-2)15-22/h6-7,9-12,17,21-22H,3-5,8,13-15H2,1-2H3. The monoisotopic (exact) mass is 315 g/mol. The summed E-state index contributed by atoms with van der Waals surface area (Å²) < 4.78 is 6.04. The van der Waals surface area contributed by atoms with Gasteiger partial charge >= 0.3 is 0 Å². The lowest BCUT2D eigenvalue weighted by molar-refractivity contribution is 0.237. The summed E-state index contributed by atoms with van der Waals surface area (Å²) in [6.45, 7) is 5.91. The molecule has 3 heteroatoms. The van der Waals surface area contributed by atoms with E-state index >= 15 is 0 Å². The third-order valence-corrected chi connectivity index (χ3v) is 4.28. The van der Waals surface area contributed by atoms with Crippen molar-refractivity contribution in [1.82, 2.24) is 5.32 Å². The number of nitrogens with one attached hydrogen (secondary N) is 1. The van der Waals surface area contributed by atoms with Crippen molar-refractivity contribution in [3.63, 3.8) is 0 Å². The molecule has 1 atom stereocenters. The predicted octanol–water partition coefficient (Wildman–Crippen LogP) is 4.27. The Morgan fingerprint density at radius 2 is 1.91 bits per heavy atom. The van der Waals surface area contributed by atoms with Gasteiger partial charge in [-0.25, -0.2) is 0 Å². The molecule has 0 aliphatic carbocycles. The summed E-state index contributed by atoms with van der Waals surface area (Å²) in [4.78, 5) is 0. The average molecular weight is 315 g/mol. The highest BCUT2D eigenvalue weighted by molar-refractivity contribution is 5.87. The molecule has 3 nitrogen and oxygen atoms in total. The van der Waals surface area contributed by atoms with Crippen LogP contribution in [0.1, 0.15) is 45.1 Å². The first-order valence-electron chi connectivity index (χ1n) is 8.77. The Balaban J connectivity index is 2.20. The smallest absolute Gasteiger partial charge is 0.124 e.